The van der Waals surface area contributed by atoms with Crippen LogP contribution in [0.1, 0.15) is 0 Å². The van der Waals surface area contributed by atoms with Crippen molar-refractivity contribution in [1.82, 2.24) is 0 Å². The van der Waals surface area contributed by atoms with Crippen LogP contribution in [-0.2, 0) is 14.3 Å². The highest BCUT2D eigenvalue weighted by molar-refractivity contribution is 7.88. The molecular weight excluding hydrogens is 280 g/mol. The van der Waals surface area contributed by atoms with Crippen LogP contribution in [0.15, 0.2) is 0 Å². The summed E-state index contributed by atoms with van der Waals surface area (Å²) in [6, 6.07) is 0. The van der Waals surface area contributed by atoms with Crippen LogP contribution in [0.3, 0.4) is 0 Å². The van der Waals surface area contributed by atoms with E-state index in [0.29, 0.717) is 0 Å². The summed E-state index contributed by atoms with van der Waals surface area (Å²) in [7, 11) is -6.86. The second-order valence-electron chi connectivity index (χ2n) is 2.72. The first kappa shape index (κ1) is 13.4. The van der Waals surface area contributed by atoms with E-state index in [0.717, 1.165) is 0 Å². The van der Waals surface area contributed by atoms with Crippen LogP contribution in [0.4, 0.5) is 35.1 Å². The standard InChI is InChI=1S/C4F8O3S/c5-1(6)2(7,8)4(11,12)16(13,14)15-3(1,9)10. The molecule has 96 valence electrons. The van der Waals surface area contributed by atoms with E-state index < -0.39 is 33.3 Å². The van der Waals surface area contributed by atoms with Crippen molar-refractivity contribution in [2.45, 2.75) is 23.2 Å². The Bertz CT molecular complexity index is 411. The maximum atomic E-state index is 12.3. The van der Waals surface area contributed by atoms with Gasteiger partial charge in [0.25, 0.3) is 0 Å². The Kier molecular flexibility index (Phi) is 2.33. The SMILES string of the molecule is O=S1(=O)OC(F)(F)C(F)(F)C(F)(F)C1(F)F. The third kappa shape index (κ3) is 1.19. The lowest BCUT2D eigenvalue weighted by molar-refractivity contribution is -0.413. The predicted molar refractivity (Wildman–Crippen MR) is 29.8 cm³/mol. The fraction of sp³-hybridized carbons (Fsp3) is 1.00. The van der Waals surface area contributed by atoms with E-state index in [1.165, 1.54) is 0 Å². The Morgan fingerprint density at radius 1 is 0.750 bits per heavy atom. The van der Waals surface area contributed by atoms with Crippen molar-refractivity contribution in [2.75, 3.05) is 0 Å². The minimum absolute atomic E-state index is 2.09. The van der Waals surface area contributed by atoms with Crippen molar-refractivity contribution in [3.63, 3.8) is 0 Å². The quantitative estimate of drug-likeness (QED) is 0.502. The first-order valence-electron chi connectivity index (χ1n) is 3.17. The maximum Gasteiger partial charge on any atom is 0.440 e. The molecule has 0 unspecified atom stereocenters. The summed E-state index contributed by atoms with van der Waals surface area (Å²) in [6.45, 7) is 0. The van der Waals surface area contributed by atoms with E-state index in [1.54, 1.807) is 0 Å². The molecular formula is C4F8O3S. The van der Waals surface area contributed by atoms with Crippen LogP contribution < -0.4 is 0 Å². The van der Waals surface area contributed by atoms with Crippen molar-refractivity contribution >= 4 is 10.1 Å². The van der Waals surface area contributed by atoms with Gasteiger partial charge in [-0.15, -0.1) is 0 Å². The van der Waals surface area contributed by atoms with Gasteiger partial charge >= 0.3 is 33.3 Å². The summed E-state index contributed by atoms with van der Waals surface area (Å²) in [4.78, 5) is 0. The van der Waals surface area contributed by atoms with Gasteiger partial charge in [0.05, 0.1) is 0 Å². The highest BCUT2D eigenvalue weighted by atomic mass is 32.2. The summed E-state index contributed by atoms with van der Waals surface area (Å²) < 4.78 is 120. The fourth-order valence-electron chi connectivity index (χ4n) is 0.765. The van der Waals surface area contributed by atoms with Crippen LogP contribution in [0.2, 0.25) is 0 Å². The predicted octanol–water partition coefficient (Wildman–Crippen LogP) is 1.80. The Balaban J connectivity index is 3.56. The van der Waals surface area contributed by atoms with E-state index in [9.17, 15) is 43.5 Å². The molecule has 1 rings (SSSR count). The molecule has 0 saturated carbocycles. The fourth-order valence-corrected chi connectivity index (χ4v) is 1.69. The van der Waals surface area contributed by atoms with Crippen molar-refractivity contribution in [3.8, 4) is 0 Å². The van der Waals surface area contributed by atoms with Gasteiger partial charge < -0.3 is 0 Å². The van der Waals surface area contributed by atoms with Crippen molar-refractivity contribution in [3.05, 3.63) is 0 Å². The molecule has 16 heavy (non-hydrogen) atoms. The third-order valence-corrected chi connectivity index (χ3v) is 2.97. The monoisotopic (exact) mass is 280 g/mol. The first-order valence-corrected chi connectivity index (χ1v) is 4.58. The van der Waals surface area contributed by atoms with Crippen LogP contribution >= 0.6 is 0 Å². The first-order chi connectivity index (χ1) is 6.71. The maximum absolute atomic E-state index is 12.3. The van der Waals surface area contributed by atoms with Gasteiger partial charge in [-0.3, -0.25) is 0 Å². The van der Waals surface area contributed by atoms with E-state index in [1.807, 2.05) is 0 Å². The van der Waals surface area contributed by atoms with Gasteiger partial charge in [-0.2, -0.15) is 47.7 Å². The van der Waals surface area contributed by atoms with Crippen LogP contribution in [-0.4, -0.2) is 31.6 Å². The molecule has 0 spiro atoms. The zero-order valence-corrected chi connectivity index (χ0v) is 7.47. The van der Waals surface area contributed by atoms with Gasteiger partial charge in [0.1, 0.15) is 0 Å². The lowest BCUT2D eigenvalue weighted by Crippen LogP contribution is -2.70. The van der Waals surface area contributed by atoms with Gasteiger partial charge in [-0.25, -0.2) is 0 Å². The Labute approximate surface area is 82.1 Å². The molecule has 0 radical (unpaired) electrons. The third-order valence-electron chi connectivity index (χ3n) is 1.65. The molecule has 0 aromatic carbocycles. The highest BCUT2D eigenvalue weighted by Crippen LogP contribution is 2.59. The molecule has 1 saturated heterocycles. The number of halogens is 8. The average Bonchev–Trinajstić information content (AvgIpc) is 1.98. The Hall–Kier alpha value is -0.650. The molecule has 0 N–H and O–H groups in total. The molecule has 3 nitrogen and oxygen atoms in total. The van der Waals surface area contributed by atoms with Crippen molar-refractivity contribution in [2.24, 2.45) is 0 Å². The molecule has 1 fully saturated rings. The average molecular weight is 280 g/mol. The molecule has 1 aliphatic heterocycles. The number of hydrogen-bond acceptors (Lipinski definition) is 3. The molecule has 0 aromatic heterocycles. The van der Waals surface area contributed by atoms with Crippen molar-refractivity contribution < 1.29 is 47.7 Å². The minimum Gasteiger partial charge on any atom is -0.192 e. The van der Waals surface area contributed by atoms with Gasteiger partial charge in [0.15, 0.2) is 0 Å². The highest BCUT2D eigenvalue weighted by Gasteiger charge is 2.91. The van der Waals surface area contributed by atoms with E-state index in [-0.39, 0.29) is 0 Å². The second-order valence-corrected chi connectivity index (χ2v) is 4.31. The topological polar surface area (TPSA) is 43.4 Å². The summed E-state index contributed by atoms with van der Waals surface area (Å²) in [5, 5.41) is -6.45. The van der Waals surface area contributed by atoms with Gasteiger partial charge in [0, 0.05) is 0 Å². The molecule has 0 aliphatic carbocycles. The number of hydrogen-bond donors (Lipinski definition) is 0. The smallest absolute Gasteiger partial charge is 0.192 e. The lowest BCUT2D eigenvalue weighted by atomic mass is 10.1. The summed E-state index contributed by atoms with van der Waals surface area (Å²) in [6.07, 6.45) is -6.25. The molecule has 1 heterocycles. The lowest BCUT2D eigenvalue weighted by Gasteiger charge is -2.39. The van der Waals surface area contributed by atoms with E-state index in [4.69, 9.17) is 0 Å². The van der Waals surface area contributed by atoms with Crippen LogP contribution in [0, 0.1) is 0 Å². The van der Waals surface area contributed by atoms with Gasteiger partial charge in [0.2, 0.25) is 0 Å². The largest absolute Gasteiger partial charge is 0.440 e. The summed E-state index contributed by atoms with van der Waals surface area (Å²) in [5.41, 5.74) is 0. The molecule has 0 amide bonds. The van der Waals surface area contributed by atoms with Gasteiger partial charge in [-0.05, 0) is 0 Å². The zero-order chi connectivity index (χ0) is 13.2. The summed E-state index contributed by atoms with van der Waals surface area (Å²) >= 11 is 0. The Morgan fingerprint density at radius 2 is 1.12 bits per heavy atom. The second kappa shape index (κ2) is 2.78. The van der Waals surface area contributed by atoms with Crippen LogP contribution in [0.25, 0.3) is 0 Å². The molecule has 0 aromatic rings. The Morgan fingerprint density at radius 3 is 1.50 bits per heavy atom. The summed E-state index contributed by atoms with van der Waals surface area (Å²) in [5.74, 6) is -13.4. The van der Waals surface area contributed by atoms with Gasteiger partial charge in [-0.1, -0.05) is 0 Å². The van der Waals surface area contributed by atoms with Crippen LogP contribution in [0.5, 0.6) is 0 Å². The zero-order valence-electron chi connectivity index (χ0n) is 6.66. The van der Waals surface area contributed by atoms with E-state index >= 15 is 0 Å². The number of rotatable bonds is 0. The normalized spacial score (nSPS) is 33.2. The molecule has 0 bridgehead atoms. The molecule has 0 atom stereocenters. The van der Waals surface area contributed by atoms with E-state index in [2.05, 4.69) is 4.18 Å². The van der Waals surface area contributed by atoms with Crippen molar-refractivity contribution in [1.29, 1.82) is 0 Å². The molecule has 12 heteroatoms. The number of alkyl halides is 8. The minimum atomic E-state index is -6.86. The molecule has 1 aliphatic rings.